The number of hydrogen-bond donors (Lipinski definition) is 3. The molecular weight excluding hydrogens is 497 g/mol. The number of carbonyl (C=O) groups excluding carboxylic acids is 1. The van der Waals surface area contributed by atoms with Crippen LogP contribution in [-0.4, -0.2) is 92.2 Å². The monoisotopic (exact) mass is 533 g/mol. The SMILES string of the molecule is CN(C)S(=O)(=O)c1ccc(NC2NN(C3(CC#N)CCC(N4CC(F)C4)CC3)C3CCNC(=O)C23)cc1. The highest BCUT2D eigenvalue weighted by atomic mass is 32.2. The number of benzene rings is 1. The Bertz CT molecular complexity index is 1140. The van der Waals surface area contributed by atoms with Crippen molar-refractivity contribution in [2.45, 2.75) is 73.4 Å². The first kappa shape index (κ1) is 26.3. The van der Waals surface area contributed by atoms with Gasteiger partial charge in [-0.1, -0.05) is 0 Å². The summed E-state index contributed by atoms with van der Waals surface area (Å²) >= 11 is 0. The molecule has 1 aliphatic carbocycles. The fourth-order valence-electron chi connectivity index (χ4n) is 6.44. The van der Waals surface area contributed by atoms with E-state index in [1.165, 1.54) is 18.4 Å². The van der Waals surface area contributed by atoms with E-state index in [0.717, 1.165) is 32.1 Å². The van der Waals surface area contributed by atoms with Crippen molar-refractivity contribution < 1.29 is 17.6 Å². The second-order valence-electron chi connectivity index (χ2n) is 10.9. The highest BCUT2D eigenvalue weighted by molar-refractivity contribution is 7.89. The Hall–Kier alpha value is -2.30. The molecular formula is C25H36FN7O3S. The molecule has 3 saturated heterocycles. The molecule has 0 spiro atoms. The molecule has 3 aliphatic heterocycles. The van der Waals surface area contributed by atoms with Crippen molar-refractivity contribution in [3.05, 3.63) is 24.3 Å². The van der Waals surface area contributed by atoms with Crippen LogP contribution in [0.2, 0.25) is 0 Å². The zero-order valence-corrected chi connectivity index (χ0v) is 22.2. The minimum absolute atomic E-state index is 0.0362. The molecule has 0 bridgehead atoms. The maximum atomic E-state index is 13.4. The van der Waals surface area contributed by atoms with E-state index in [9.17, 15) is 22.9 Å². The molecule has 202 valence electrons. The molecule has 3 N–H and O–H groups in total. The van der Waals surface area contributed by atoms with Crippen molar-refractivity contribution in [3.63, 3.8) is 0 Å². The fraction of sp³-hybridized carbons (Fsp3) is 0.680. The van der Waals surface area contributed by atoms with Gasteiger partial charge in [-0.25, -0.2) is 27.5 Å². The van der Waals surface area contributed by atoms with Gasteiger partial charge < -0.3 is 10.6 Å². The Kier molecular flexibility index (Phi) is 7.19. The highest BCUT2D eigenvalue weighted by Gasteiger charge is 2.55. The van der Waals surface area contributed by atoms with Crippen LogP contribution in [0.4, 0.5) is 10.1 Å². The molecule has 37 heavy (non-hydrogen) atoms. The van der Waals surface area contributed by atoms with Gasteiger partial charge in [0.1, 0.15) is 12.3 Å². The number of rotatable bonds is 7. The smallest absolute Gasteiger partial charge is 0.242 e. The topological polar surface area (TPSA) is 121 Å². The first-order valence-corrected chi connectivity index (χ1v) is 14.5. The van der Waals surface area contributed by atoms with E-state index in [-0.39, 0.29) is 22.8 Å². The van der Waals surface area contributed by atoms with Crippen molar-refractivity contribution in [1.82, 2.24) is 25.0 Å². The number of carbonyl (C=O) groups is 1. The average molecular weight is 534 g/mol. The Balaban J connectivity index is 1.35. The lowest BCUT2D eigenvalue weighted by molar-refractivity contribution is -0.128. The first-order valence-electron chi connectivity index (χ1n) is 13.0. The Morgan fingerprint density at radius 2 is 1.86 bits per heavy atom. The van der Waals surface area contributed by atoms with E-state index in [0.29, 0.717) is 37.8 Å². The molecule has 4 fully saturated rings. The molecule has 5 rings (SSSR count). The van der Waals surface area contributed by atoms with Crippen LogP contribution >= 0.6 is 0 Å². The van der Waals surface area contributed by atoms with Gasteiger partial charge in [-0.3, -0.25) is 9.69 Å². The zero-order chi connectivity index (χ0) is 26.4. The quantitative estimate of drug-likeness (QED) is 0.479. The summed E-state index contributed by atoms with van der Waals surface area (Å²) in [5.74, 6) is -0.402. The average Bonchev–Trinajstić information content (AvgIpc) is 3.23. The van der Waals surface area contributed by atoms with Crippen LogP contribution in [0.3, 0.4) is 0 Å². The molecule has 3 heterocycles. The minimum atomic E-state index is -3.54. The number of nitrogens with zero attached hydrogens (tertiary/aromatic N) is 4. The summed E-state index contributed by atoms with van der Waals surface area (Å²) in [4.78, 5) is 15.4. The van der Waals surface area contributed by atoms with Gasteiger partial charge in [0.15, 0.2) is 0 Å². The fourth-order valence-corrected chi connectivity index (χ4v) is 7.34. The van der Waals surface area contributed by atoms with Crippen molar-refractivity contribution in [2.75, 3.05) is 39.0 Å². The van der Waals surface area contributed by atoms with E-state index in [1.807, 2.05) is 0 Å². The number of alkyl halides is 1. The summed E-state index contributed by atoms with van der Waals surface area (Å²) < 4.78 is 39.4. The number of fused-ring (bicyclic) bond motifs is 1. The molecule has 1 aromatic rings. The number of amides is 1. The van der Waals surface area contributed by atoms with Crippen LogP contribution < -0.4 is 16.1 Å². The minimum Gasteiger partial charge on any atom is -0.368 e. The number of nitrogens with one attached hydrogen (secondary N) is 3. The predicted octanol–water partition coefficient (Wildman–Crippen LogP) is 1.25. The van der Waals surface area contributed by atoms with Gasteiger partial charge >= 0.3 is 0 Å². The van der Waals surface area contributed by atoms with E-state index in [4.69, 9.17) is 0 Å². The lowest BCUT2D eigenvalue weighted by atomic mass is 9.74. The third-order valence-corrected chi connectivity index (χ3v) is 10.4. The largest absolute Gasteiger partial charge is 0.368 e. The molecule has 0 radical (unpaired) electrons. The van der Waals surface area contributed by atoms with Gasteiger partial charge in [-0.05, 0) is 56.4 Å². The summed E-state index contributed by atoms with van der Waals surface area (Å²) in [7, 11) is -0.551. The van der Waals surface area contributed by atoms with Crippen LogP contribution in [0.5, 0.6) is 0 Å². The van der Waals surface area contributed by atoms with Crippen LogP contribution in [0.1, 0.15) is 38.5 Å². The van der Waals surface area contributed by atoms with Crippen molar-refractivity contribution in [2.24, 2.45) is 5.92 Å². The molecule has 3 unspecified atom stereocenters. The third kappa shape index (κ3) is 4.83. The Morgan fingerprint density at radius 3 is 2.46 bits per heavy atom. The second-order valence-corrected chi connectivity index (χ2v) is 13.1. The van der Waals surface area contributed by atoms with Crippen LogP contribution in [0, 0.1) is 17.2 Å². The summed E-state index contributed by atoms with van der Waals surface area (Å²) in [6.07, 6.45) is 3.40. The number of halogens is 1. The van der Waals surface area contributed by atoms with Crippen molar-refractivity contribution >= 4 is 21.6 Å². The number of hydrazine groups is 1. The van der Waals surface area contributed by atoms with E-state index >= 15 is 0 Å². The number of piperidine rings is 1. The van der Waals surface area contributed by atoms with Gasteiger partial charge in [0, 0.05) is 57.0 Å². The van der Waals surface area contributed by atoms with Gasteiger partial charge in [0.2, 0.25) is 15.9 Å². The maximum absolute atomic E-state index is 13.4. The zero-order valence-electron chi connectivity index (χ0n) is 21.4. The van der Waals surface area contributed by atoms with Gasteiger partial charge in [-0.2, -0.15) is 5.26 Å². The lowest BCUT2D eigenvalue weighted by Crippen LogP contribution is -2.62. The number of nitriles is 1. The van der Waals surface area contributed by atoms with Crippen LogP contribution in [0.15, 0.2) is 29.2 Å². The number of sulfonamides is 1. The van der Waals surface area contributed by atoms with Crippen molar-refractivity contribution in [1.29, 1.82) is 5.26 Å². The molecule has 4 aliphatic rings. The third-order valence-electron chi connectivity index (χ3n) is 8.57. The van der Waals surface area contributed by atoms with E-state index < -0.39 is 27.9 Å². The number of likely N-dealkylation sites (tertiary alicyclic amines) is 1. The molecule has 12 heteroatoms. The lowest BCUT2D eigenvalue weighted by Gasteiger charge is -2.51. The van der Waals surface area contributed by atoms with Crippen molar-refractivity contribution in [3.8, 4) is 6.07 Å². The van der Waals surface area contributed by atoms with Gasteiger partial charge in [-0.15, -0.1) is 0 Å². The predicted molar refractivity (Wildman–Crippen MR) is 136 cm³/mol. The van der Waals surface area contributed by atoms with E-state index in [1.54, 1.807) is 24.3 Å². The molecule has 1 aromatic carbocycles. The summed E-state index contributed by atoms with van der Waals surface area (Å²) in [5, 5.41) is 18.4. The Morgan fingerprint density at radius 1 is 1.19 bits per heavy atom. The summed E-state index contributed by atoms with van der Waals surface area (Å²) in [6, 6.07) is 9.20. The standard InChI is InChI=1S/C25H36FN7O3S/c1-31(2)37(35,36)20-5-3-18(4-6-20)29-23-22-21(9-14-28-24(22)34)33(30-23)25(12-13-27)10-7-19(8-11-25)32-15-17(26)16-32/h3-6,17,19,21-23,29-30H,7-12,14-16H2,1-2H3,(H,28,34). The molecule has 0 aromatic heterocycles. The number of anilines is 1. The van der Waals surface area contributed by atoms with Gasteiger partial charge in [0.25, 0.3) is 0 Å². The Labute approximate surface area is 218 Å². The highest BCUT2D eigenvalue weighted by Crippen LogP contribution is 2.44. The molecule has 3 atom stereocenters. The normalized spacial score (nSPS) is 33.4. The summed E-state index contributed by atoms with van der Waals surface area (Å²) in [6.45, 7) is 1.59. The van der Waals surface area contributed by atoms with Crippen LogP contribution in [-0.2, 0) is 14.8 Å². The van der Waals surface area contributed by atoms with Crippen LogP contribution in [0.25, 0.3) is 0 Å². The second kappa shape index (κ2) is 10.1. The first-order chi connectivity index (χ1) is 17.6. The molecule has 10 nitrogen and oxygen atoms in total. The number of hydrogen-bond acceptors (Lipinski definition) is 8. The van der Waals surface area contributed by atoms with Gasteiger partial charge in [0.05, 0.1) is 23.3 Å². The summed E-state index contributed by atoms with van der Waals surface area (Å²) in [5.41, 5.74) is 3.86. The molecule has 1 saturated carbocycles. The van der Waals surface area contributed by atoms with E-state index in [2.05, 4.69) is 32.0 Å². The molecule has 1 amide bonds. The maximum Gasteiger partial charge on any atom is 0.242 e.